The predicted molar refractivity (Wildman–Crippen MR) is 133 cm³/mol. The van der Waals surface area contributed by atoms with Crippen LogP contribution in [0.2, 0.25) is 0 Å². The third kappa shape index (κ3) is 5.50. The van der Waals surface area contributed by atoms with Crippen LogP contribution in [0.25, 0.3) is 11.1 Å². The number of hydrogen-bond acceptors (Lipinski definition) is 4. The second kappa shape index (κ2) is 10.9. The molecule has 0 spiro atoms. The van der Waals surface area contributed by atoms with Crippen LogP contribution in [-0.2, 0) is 14.3 Å². The first-order valence-electron chi connectivity index (χ1n) is 12.5. The van der Waals surface area contributed by atoms with E-state index in [-0.39, 0.29) is 36.7 Å². The first kappa shape index (κ1) is 24.8. The van der Waals surface area contributed by atoms with Crippen molar-refractivity contribution in [1.29, 1.82) is 0 Å². The summed E-state index contributed by atoms with van der Waals surface area (Å²) in [5, 5.41) is 12.0. The van der Waals surface area contributed by atoms with Gasteiger partial charge < -0.3 is 20.1 Å². The summed E-state index contributed by atoms with van der Waals surface area (Å²) in [6.45, 7) is 5.11. The Hall–Kier alpha value is -3.35. The fourth-order valence-corrected chi connectivity index (χ4v) is 5.37. The van der Waals surface area contributed by atoms with Crippen molar-refractivity contribution in [2.45, 2.75) is 51.5 Å². The molecular weight excluding hydrogens is 444 g/mol. The number of benzene rings is 2. The standard InChI is InChI=1S/C28H34N2O5/c1-3-4-13-25(27(33)30-15-18(2)19(16-30)14-26(31)32)29-28(34)35-17-24-22-11-7-5-9-20(22)21-10-6-8-12-23(21)24/h5-12,18-19,24-25H,3-4,13-17H2,1-2H3,(H,29,34)(H,31,32). The molecule has 1 fully saturated rings. The van der Waals surface area contributed by atoms with Crippen molar-refractivity contribution < 1.29 is 24.2 Å². The van der Waals surface area contributed by atoms with Crippen molar-refractivity contribution in [1.82, 2.24) is 10.2 Å². The molecule has 0 bridgehead atoms. The normalized spacial score (nSPS) is 19.7. The van der Waals surface area contributed by atoms with Crippen molar-refractivity contribution in [3.8, 4) is 11.1 Å². The number of unbranched alkanes of at least 4 members (excludes halogenated alkanes) is 1. The maximum atomic E-state index is 13.3. The van der Waals surface area contributed by atoms with E-state index < -0.39 is 18.1 Å². The van der Waals surface area contributed by atoms with E-state index in [1.54, 1.807) is 4.90 Å². The molecule has 7 heteroatoms. The lowest BCUT2D eigenvalue weighted by Gasteiger charge is -2.24. The molecule has 2 amide bonds. The Labute approximate surface area is 206 Å². The van der Waals surface area contributed by atoms with Gasteiger partial charge in [-0.3, -0.25) is 9.59 Å². The van der Waals surface area contributed by atoms with E-state index in [0.717, 1.165) is 35.1 Å². The number of alkyl carbamates (subject to hydrolysis) is 1. The van der Waals surface area contributed by atoms with E-state index in [4.69, 9.17) is 9.84 Å². The van der Waals surface area contributed by atoms with Crippen molar-refractivity contribution in [3.05, 3.63) is 59.7 Å². The zero-order chi connectivity index (χ0) is 24.9. The molecule has 1 aliphatic carbocycles. The molecule has 0 aromatic heterocycles. The monoisotopic (exact) mass is 478 g/mol. The van der Waals surface area contributed by atoms with Crippen molar-refractivity contribution in [3.63, 3.8) is 0 Å². The second-order valence-electron chi connectivity index (χ2n) is 9.74. The Morgan fingerprint density at radius 1 is 1.06 bits per heavy atom. The maximum Gasteiger partial charge on any atom is 0.407 e. The van der Waals surface area contributed by atoms with Crippen LogP contribution in [0.5, 0.6) is 0 Å². The van der Waals surface area contributed by atoms with Gasteiger partial charge in [0.05, 0.1) is 6.42 Å². The van der Waals surface area contributed by atoms with E-state index in [1.165, 1.54) is 0 Å². The summed E-state index contributed by atoms with van der Waals surface area (Å²) >= 11 is 0. The number of carboxylic acid groups (broad SMARTS) is 1. The van der Waals surface area contributed by atoms with E-state index in [2.05, 4.69) is 29.6 Å². The third-order valence-electron chi connectivity index (χ3n) is 7.30. The van der Waals surface area contributed by atoms with Gasteiger partial charge in [-0.1, -0.05) is 75.2 Å². The highest BCUT2D eigenvalue weighted by atomic mass is 16.5. The Morgan fingerprint density at radius 3 is 2.29 bits per heavy atom. The average Bonchev–Trinajstić information content (AvgIpc) is 3.37. The van der Waals surface area contributed by atoms with Crippen molar-refractivity contribution in [2.24, 2.45) is 11.8 Å². The highest BCUT2D eigenvalue weighted by Crippen LogP contribution is 2.44. The van der Waals surface area contributed by atoms with Gasteiger partial charge in [-0.2, -0.15) is 0 Å². The Morgan fingerprint density at radius 2 is 1.69 bits per heavy atom. The minimum Gasteiger partial charge on any atom is -0.481 e. The molecule has 7 nitrogen and oxygen atoms in total. The van der Waals surface area contributed by atoms with E-state index in [0.29, 0.717) is 19.5 Å². The summed E-state index contributed by atoms with van der Waals surface area (Å²) < 4.78 is 5.66. The number of hydrogen-bond donors (Lipinski definition) is 2. The molecule has 186 valence electrons. The number of amides is 2. The lowest BCUT2D eigenvalue weighted by molar-refractivity contribution is -0.139. The van der Waals surface area contributed by atoms with Crippen molar-refractivity contribution >= 4 is 18.0 Å². The van der Waals surface area contributed by atoms with E-state index >= 15 is 0 Å². The van der Waals surface area contributed by atoms with Gasteiger partial charge in [0.2, 0.25) is 5.91 Å². The lowest BCUT2D eigenvalue weighted by atomic mass is 9.95. The number of rotatable bonds is 9. The zero-order valence-electron chi connectivity index (χ0n) is 20.4. The molecule has 2 aliphatic rings. The molecular formula is C28H34N2O5. The predicted octanol–water partition coefficient (Wildman–Crippen LogP) is 4.65. The van der Waals surface area contributed by atoms with Gasteiger partial charge in [-0.05, 0) is 40.5 Å². The van der Waals surface area contributed by atoms with Gasteiger partial charge in [0.25, 0.3) is 0 Å². The molecule has 1 saturated heterocycles. The van der Waals surface area contributed by atoms with Gasteiger partial charge in [-0.15, -0.1) is 0 Å². The molecule has 0 saturated carbocycles. The van der Waals surface area contributed by atoms with Gasteiger partial charge in [0.15, 0.2) is 0 Å². The quantitative estimate of drug-likeness (QED) is 0.547. The molecule has 2 N–H and O–H groups in total. The lowest BCUT2D eigenvalue weighted by Crippen LogP contribution is -2.48. The number of carbonyl (C=O) groups excluding carboxylic acids is 2. The summed E-state index contributed by atoms with van der Waals surface area (Å²) in [6.07, 6.45) is 1.66. The van der Waals surface area contributed by atoms with Crippen LogP contribution in [0, 0.1) is 11.8 Å². The summed E-state index contributed by atoms with van der Waals surface area (Å²) in [5.41, 5.74) is 4.59. The number of carboxylic acids is 1. The summed E-state index contributed by atoms with van der Waals surface area (Å²) in [7, 11) is 0. The second-order valence-corrected chi connectivity index (χ2v) is 9.74. The van der Waals surface area contributed by atoms with E-state index in [9.17, 15) is 14.4 Å². The molecule has 1 aliphatic heterocycles. The smallest absolute Gasteiger partial charge is 0.407 e. The number of fused-ring (bicyclic) bond motifs is 3. The maximum absolute atomic E-state index is 13.3. The SMILES string of the molecule is CCCCC(NC(=O)OCC1c2ccccc2-c2ccccc21)C(=O)N1CC(C)C(CC(=O)O)C1. The van der Waals surface area contributed by atoms with Crippen LogP contribution < -0.4 is 5.32 Å². The van der Waals surface area contributed by atoms with Crippen LogP contribution >= 0.6 is 0 Å². The van der Waals surface area contributed by atoms with Gasteiger partial charge in [-0.25, -0.2) is 4.79 Å². The number of carbonyl (C=O) groups is 3. The fraction of sp³-hybridized carbons (Fsp3) is 0.464. The van der Waals surface area contributed by atoms with Gasteiger partial charge in [0, 0.05) is 19.0 Å². The fourth-order valence-electron chi connectivity index (χ4n) is 5.37. The zero-order valence-corrected chi connectivity index (χ0v) is 20.4. The first-order chi connectivity index (χ1) is 16.9. The van der Waals surface area contributed by atoms with Crippen LogP contribution in [0.4, 0.5) is 4.79 Å². The summed E-state index contributed by atoms with van der Waals surface area (Å²) in [5.74, 6) is -1.02. The molecule has 3 atom stereocenters. The molecule has 1 heterocycles. The minimum atomic E-state index is -0.851. The Kier molecular flexibility index (Phi) is 7.73. The highest BCUT2D eigenvalue weighted by molar-refractivity contribution is 5.86. The largest absolute Gasteiger partial charge is 0.481 e. The Balaban J connectivity index is 1.40. The number of nitrogens with zero attached hydrogens (tertiary/aromatic N) is 1. The summed E-state index contributed by atoms with van der Waals surface area (Å²) in [6, 6.07) is 15.6. The molecule has 3 unspecified atom stereocenters. The van der Waals surface area contributed by atoms with Crippen LogP contribution in [0.15, 0.2) is 48.5 Å². The molecule has 0 radical (unpaired) electrons. The van der Waals surface area contributed by atoms with E-state index in [1.807, 2.05) is 38.1 Å². The minimum absolute atomic E-state index is 0.0460. The van der Waals surface area contributed by atoms with Gasteiger partial charge in [0.1, 0.15) is 12.6 Å². The topological polar surface area (TPSA) is 95.9 Å². The third-order valence-corrected chi connectivity index (χ3v) is 7.30. The number of aliphatic carboxylic acids is 1. The van der Waals surface area contributed by atoms with Crippen LogP contribution in [-0.4, -0.2) is 53.7 Å². The van der Waals surface area contributed by atoms with Crippen LogP contribution in [0.1, 0.15) is 56.6 Å². The first-order valence-corrected chi connectivity index (χ1v) is 12.5. The number of nitrogens with one attached hydrogen (secondary N) is 1. The molecule has 35 heavy (non-hydrogen) atoms. The molecule has 4 rings (SSSR count). The van der Waals surface area contributed by atoms with Crippen molar-refractivity contribution in [2.75, 3.05) is 19.7 Å². The summed E-state index contributed by atoms with van der Waals surface area (Å²) in [4.78, 5) is 38.9. The average molecular weight is 479 g/mol. The number of likely N-dealkylation sites (tertiary alicyclic amines) is 1. The Bertz CT molecular complexity index is 1040. The van der Waals surface area contributed by atoms with Crippen LogP contribution in [0.3, 0.4) is 0 Å². The van der Waals surface area contributed by atoms with Gasteiger partial charge >= 0.3 is 12.1 Å². The molecule has 2 aromatic rings. The molecule has 2 aromatic carbocycles. The highest BCUT2D eigenvalue weighted by Gasteiger charge is 2.37. The number of ether oxygens (including phenoxy) is 1.